The molecule has 2 nitrogen and oxygen atoms in total. The number of carbonyl (C=O) groups is 1. The third-order valence-electron chi connectivity index (χ3n) is 2.46. The maximum absolute atomic E-state index is 10.9. The quantitative estimate of drug-likeness (QED) is 0.756. The molecule has 0 radical (unpaired) electrons. The van der Waals surface area contributed by atoms with Crippen LogP contribution in [0.25, 0.3) is 0 Å². The van der Waals surface area contributed by atoms with Gasteiger partial charge in [0.25, 0.3) is 0 Å². The van der Waals surface area contributed by atoms with E-state index in [9.17, 15) is 4.79 Å². The van der Waals surface area contributed by atoms with Crippen LogP contribution in [0.15, 0.2) is 0 Å². The van der Waals surface area contributed by atoms with Crippen LogP contribution in [0.2, 0.25) is 0 Å². The minimum Gasteiger partial charge on any atom is -0.481 e. The summed E-state index contributed by atoms with van der Waals surface area (Å²) >= 11 is 6.87. The van der Waals surface area contributed by atoms with Crippen molar-refractivity contribution in [3.63, 3.8) is 0 Å². The summed E-state index contributed by atoms with van der Waals surface area (Å²) in [7, 11) is 0. The maximum atomic E-state index is 10.9. The molecule has 1 rings (SSSR count). The molecule has 4 heteroatoms. The Hall–Kier alpha value is 0.430. The second kappa shape index (κ2) is 3.66. The molecule has 1 fully saturated rings. The van der Waals surface area contributed by atoms with Gasteiger partial charge in [-0.3, -0.25) is 4.79 Å². The molecule has 12 heavy (non-hydrogen) atoms. The lowest BCUT2D eigenvalue weighted by molar-refractivity contribution is -0.144. The summed E-state index contributed by atoms with van der Waals surface area (Å²) < 4.78 is -0.385. The molecule has 1 saturated carbocycles. The van der Waals surface area contributed by atoms with E-state index in [1.165, 1.54) is 0 Å². The first-order chi connectivity index (χ1) is 5.45. The smallest absolute Gasteiger partial charge is 0.309 e. The number of halogens is 2. The van der Waals surface area contributed by atoms with Gasteiger partial charge in [0.05, 0.1) is 9.15 Å². The van der Waals surface area contributed by atoms with Gasteiger partial charge in [-0.15, -0.1) is 0 Å². The summed E-state index contributed by atoms with van der Waals surface area (Å²) in [6, 6.07) is 0. The molecule has 0 aromatic carbocycles. The summed E-state index contributed by atoms with van der Waals surface area (Å²) in [6.07, 6.45) is 2.98. The highest BCUT2D eigenvalue weighted by Gasteiger charge is 2.44. The molecule has 0 aliphatic heterocycles. The Labute approximate surface area is 89.0 Å². The van der Waals surface area contributed by atoms with Crippen LogP contribution in [0.3, 0.4) is 0 Å². The van der Waals surface area contributed by atoms with Crippen molar-refractivity contribution in [2.24, 2.45) is 11.8 Å². The van der Waals surface area contributed by atoms with Crippen LogP contribution in [0.5, 0.6) is 0 Å². The van der Waals surface area contributed by atoms with E-state index >= 15 is 0 Å². The van der Waals surface area contributed by atoms with Crippen LogP contribution in [0, 0.1) is 11.8 Å². The highest BCUT2D eigenvalue weighted by Crippen LogP contribution is 2.48. The lowest BCUT2D eigenvalue weighted by Gasteiger charge is -2.36. The molecule has 0 saturated heterocycles. The van der Waals surface area contributed by atoms with Crippen LogP contribution >= 0.6 is 31.9 Å². The Morgan fingerprint density at radius 1 is 1.58 bits per heavy atom. The van der Waals surface area contributed by atoms with Gasteiger partial charge in [-0.25, -0.2) is 0 Å². The number of hydrogen-bond donors (Lipinski definition) is 1. The molecule has 1 N–H and O–H groups in total. The molecule has 0 aromatic heterocycles. The van der Waals surface area contributed by atoms with Gasteiger partial charge in [0.15, 0.2) is 0 Å². The normalized spacial score (nSPS) is 34.6. The average molecular weight is 300 g/mol. The van der Waals surface area contributed by atoms with E-state index < -0.39 is 5.97 Å². The van der Waals surface area contributed by atoms with Crippen LogP contribution in [0.4, 0.5) is 0 Å². The van der Waals surface area contributed by atoms with E-state index in [2.05, 4.69) is 31.9 Å². The molecule has 0 bridgehead atoms. The molecule has 0 heterocycles. The van der Waals surface area contributed by atoms with Crippen molar-refractivity contribution < 1.29 is 9.90 Å². The van der Waals surface area contributed by atoms with Crippen molar-refractivity contribution in [1.82, 2.24) is 0 Å². The van der Waals surface area contributed by atoms with E-state index in [0.717, 1.165) is 19.3 Å². The summed E-state index contributed by atoms with van der Waals surface area (Å²) in [4.78, 5) is 10.9. The minimum absolute atomic E-state index is 0.245. The fourth-order valence-corrected chi connectivity index (χ4v) is 3.68. The first-order valence-electron chi connectivity index (χ1n) is 4.06. The Kier molecular flexibility index (Phi) is 3.21. The monoisotopic (exact) mass is 298 g/mol. The number of rotatable bonds is 1. The van der Waals surface area contributed by atoms with Gasteiger partial charge in [0.1, 0.15) is 0 Å². The Balaban J connectivity index is 2.81. The van der Waals surface area contributed by atoms with Crippen molar-refractivity contribution in [1.29, 1.82) is 0 Å². The number of carboxylic acids is 1. The topological polar surface area (TPSA) is 37.3 Å². The Bertz CT molecular complexity index is 191. The number of hydrogen-bond acceptors (Lipinski definition) is 1. The Morgan fingerprint density at radius 3 is 2.50 bits per heavy atom. The van der Waals surface area contributed by atoms with Crippen LogP contribution < -0.4 is 0 Å². The SMILES string of the molecule is CC1CCCC(Br)(Br)C1C(=O)O. The molecule has 70 valence electrons. The lowest BCUT2D eigenvalue weighted by atomic mass is 9.80. The van der Waals surface area contributed by atoms with Gasteiger partial charge in [0.2, 0.25) is 0 Å². The first-order valence-corrected chi connectivity index (χ1v) is 5.64. The third kappa shape index (κ3) is 2.02. The number of alkyl halides is 2. The molecule has 0 amide bonds. The van der Waals surface area contributed by atoms with Crippen molar-refractivity contribution in [3.8, 4) is 0 Å². The molecule has 0 spiro atoms. The van der Waals surface area contributed by atoms with Gasteiger partial charge in [-0.05, 0) is 18.8 Å². The molecule has 2 unspecified atom stereocenters. The standard InChI is InChI=1S/C8H12Br2O2/c1-5-3-2-4-8(9,10)6(5)7(11)12/h5-6H,2-4H2,1H3,(H,11,12). The van der Waals surface area contributed by atoms with E-state index in [1.807, 2.05) is 6.92 Å². The van der Waals surface area contributed by atoms with Crippen LogP contribution in [0.1, 0.15) is 26.2 Å². The van der Waals surface area contributed by atoms with Crippen molar-refractivity contribution in [2.75, 3.05) is 0 Å². The van der Waals surface area contributed by atoms with Crippen molar-refractivity contribution >= 4 is 37.8 Å². The summed E-state index contributed by atoms with van der Waals surface area (Å²) in [5.74, 6) is -0.780. The van der Waals surface area contributed by atoms with E-state index in [0.29, 0.717) is 0 Å². The largest absolute Gasteiger partial charge is 0.481 e. The highest BCUT2D eigenvalue weighted by molar-refractivity contribution is 9.25. The minimum atomic E-state index is -0.712. The van der Waals surface area contributed by atoms with E-state index in [4.69, 9.17) is 5.11 Å². The average Bonchev–Trinajstić information content (AvgIpc) is 1.82. The zero-order chi connectivity index (χ0) is 9.35. The van der Waals surface area contributed by atoms with Crippen LogP contribution in [-0.4, -0.2) is 14.3 Å². The fourth-order valence-electron chi connectivity index (χ4n) is 1.82. The van der Waals surface area contributed by atoms with Crippen LogP contribution in [-0.2, 0) is 4.79 Å². The molecular formula is C8H12Br2O2. The van der Waals surface area contributed by atoms with Crippen molar-refractivity contribution in [3.05, 3.63) is 0 Å². The maximum Gasteiger partial charge on any atom is 0.309 e. The van der Waals surface area contributed by atoms with E-state index in [-0.39, 0.29) is 15.1 Å². The predicted molar refractivity (Wildman–Crippen MR) is 54.7 cm³/mol. The molecule has 0 aromatic rings. The van der Waals surface area contributed by atoms with Gasteiger partial charge >= 0.3 is 5.97 Å². The fraction of sp³-hybridized carbons (Fsp3) is 0.875. The number of carboxylic acid groups (broad SMARTS) is 1. The van der Waals surface area contributed by atoms with E-state index in [1.54, 1.807) is 0 Å². The van der Waals surface area contributed by atoms with Gasteiger partial charge in [0, 0.05) is 0 Å². The first kappa shape index (κ1) is 10.5. The lowest BCUT2D eigenvalue weighted by Crippen LogP contribution is -2.39. The van der Waals surface area contributed by atoms with Gasteiger partial charge in [-0.1, -0.05) is 45.2 Å². The Morgan fingerprint density at radius 2 is 2.17 bits per heavy atom. The zero-order valence-electron chi connectivity index (χ0n) is 6.89. The summed E-state index contributed by atoms with van der Waals surface area (Å²) in [6.45, 7) is 2.00. The molecule has 2 atom stereocenters. The molecule has 1 aliphatic carbocycles. The number of aliphatic carboxylic acids is 1. The molecule has 1 aliphatic rings. The van der Waals surface area contributed by atoms with Gasteiger partial charge in [-0.2, -0.15) is 0 Å². The van der Waals surface area contributed by atoms with Crippen molar-refractivity contribution in [2.45, 2.75) is 29.4 Å². The summed E-state index contributed by atoms with van der Waals surface area (Å²) in [5.41, 5.74) is 0. The second-order valence-corrected chi connectivity index (χ2v) is 7.34. The second-order valence-electron chi connectivity index (χ2n) is 3.45. The zero-order valence-corrected chi connectivity index (χ0v) is 10.1. The summed E-state index contributed by atoms with van der Waals surface area (Å²) in [5, 5.41) is 8.98. The predicted octanol–water partition coefficient (Wildman–Crippen LogP) is 2.99. The highest BCUT2D eigenvalue weighted by atomic mass is 79.9. The molecular weight excluding hydrogens is 288 g/mol. The van der Waals surface area contributed by atoms with Gasteiger partial charge < -0.3 is 5.11 Å². The third-order valence-corrected chi connectivity index (χ3v) is 4.24.